The van der Waals surface area contributed by atoms with Gasteiger partial charge in [-0.3, -0.25) is 4.79 Å². The van der Waals surface area contributed by atoms with Crippen molar-refractivity contribution in [3.8, 4) is 11.5 Å². The summed E-state index contributed by atoms with van der Waals surface area (Å²) in [6.07, 6.45) is 0.137. The molecule has 0 spiro atoms. The van der Waals surface area contributed by atoms with Crippen molar-refractivity contribution in [3.05, 3.63) is 23.8 Å². The summed E-state index contributed by atoms with van der Waals surface area (Å²) in [7, 11) is 3.00. The van der Waals surface area contributed by atoms with E-state index in [1.165, 1.54) is 14.2 Å². The summed E-state index contributed by atoms with van der Waals surface area (Å²) in [6, 6.07) is 4.17. The first-order valence-electron chi connectivity index (χ1n) is 8.04. The third-order valence-corrected chi connectivity index (χ3v) is 3.44. The van der Waals surface area contributed by atoms with Crippen LogP contribution < -0.4 is 14.8 Å². The lowest BCUT2D eigenvalue weighted by Crippen LogP contribution is -2.42. The van der Waals surface area contributed by atoms with Gasteiger partial charge in [0.05, 0.1) is 26.2 Å². The second-order valence-electron chi connectivity index (χ2n) is 6.53. The van der Waals surface area contributed by atoms with Crippen molar-refractivity contribution in [2.24, 2.45) is 0 Å². The lowest BCUT2D eigenvalue weighted by molar-refractivity contribution is -0.142. The lowest BCUT2D eigenvalue weighted by atomic mass is 10.1. The van der Waals surface area contributed by atoms with Crippen LogP contribution in [-0.4, -0.2) is 49.5 Å². The van der Waals surface area contributed by atoms with Crippen LogP contribution in [-0.2, 0) is 20.7 Å². The molecule has 0 aliphatic carbocycles. The van der Waals surface area contributed by atoms with Gasteiger partial charge in [0.15, 0.2) is 0 Å². The second-order valence-corrected chi connectivity index (χ2v) is 6.53. The van der Waals surface area contributed by atoms with E-state index in [1.54, 1.807) is 18.2 Å². The Bertz CT molecular complexity index is 571. The van der Waals surface area contributed by atoms with Crippen LogP contribution >= 0.6 is 0 Å². The maximum Gasteiger partial charge on any atom is 0.326 e. The third-order valence-electron chi connectivity index (χ3n) is 3.44. The molecule has 1 rings (SSSR count). The number of nitrogens with one attached hydrogen (secondary N) is 1. The highest BCUT2D eigenvalue weighted by molar-refractivity contribution is 5.85. The molecule has 0 saturated carbocycles. The van der Waals surface area contributed by atoms with Gasteiger partial charge in [0.2, 0.25) is 5.91 Å². The van der Waals surface area contributed by atoms with Crippen molar-refractivity contribution in [1.82, 2.24) is 5.32 Å². The molecule has 1 aromatic carbocycles. The Kier molecular flexibility index (Phi) is 7.70. The molecule has 25 heavy (non-hydrogen) atoms. The molecule has 2 N–H and O–H groups in total. The number of carbonyl (C=O) groups is 2. The standard InChI is InChI=1S/C18H27NO6/c1-18(2,3)25-10-9-13(17(21)22)19-16(20)11-12-14(23-4)7-6-8-15(12)24-5/h6-8,13H,9-11H2,1-5H3,(H,19,20)(H,21,22). The quantitative estimate of drug-likeness (QED) is 0.705. The van der Waals surface area contributed by atoms with Crippen LogP contribution in [0.15, 0.2) is 18.2 Å². The van der Waals surface area contributed by atoms with Gasteiger partial charge < -0.3 is 24.6 Å². The zero-order chi connectivity index (χ0) is 19.0. The predicted molar refractivity (Wildman–Crippen MR) is 93.1 cm³/mol. The van der Waals surface area contributed by atoms with Crippen molar-refractivity contribution < 1.29 is 28.9 Å². The number of ether oxygens (including phenoxy) is 3. The molecule has 7 nitrogen and oxygen atoms in total. The molecule has 0 bridgehead atoms. The second kappa shape index (κ2) is 9.27. The van der Waals surface area contributed by atoms with Crippen LogP contribution in [0.4, 0.5) is 0 Å². The molecule has 7 heteroatoms. The van der Waals surface area contributed by atoms with E-state index in [9.17, 15) is 14.7 Å². The number of carboxylic acids is 1. The number of hydrogen-bond acceptors (Lipinski definition) is 5. The number of carboxylic acid groups (broad SMARTS) is 1. The van der Waals surface area contributed by atoms with Gasteiger partial charge in [-0.1, -0.05) is 6.07 Å². The average Bonchev–Trinajstić information content (AvgIpc) is 2.52. The first-order chi connectivity index (χ1) is 11.7. The van der Waals surface area contributed by atoms with E-state index in [2.05, 4.69) is 5.32 Å². The Morgan fingerprint density at radius 1 is 1.16 bits per heavy atom. The minimum Gasteiger partial charge on any atom is -0.496 e. The number of hydrogen-bond donors (Lipinski definition) is 2. The van der Waals surface area contributed by atoms with Gasteiger partial charge >= 0.3 is 5.97 Å². The minimum atomic E-state index is -1.10. The number of benzene rings is 1. The van der Waals surface area contributed by atoms with Gasteiger partial charge in [0.1, 0.15) is 17.5 Å². The third kappa shape index (κ3) is 7.01. The summed E-state index contributed by atoms with van der Waals surface area (Å²) in [4.78, 5) is 23.7. The Morgan fingerprint density at radius 3 is 2.16 bits per heavy atom. The van der Waals surface area contributed by atoms with Crippen LogP contribution in [0, 0.1) is 0 Å². The van der Waals surface area contributed by atoms with Gasteiger partial charge in [-0.25, -0.2) is 4.79 Å². The Morgan fingerprint density at radius 2 is 1.72 bits per heavy atom. The molecular formula is C18H27NO6. The Labute approximate surface area is 148 Å². The van der Waals surface area contributed by atoms with E-state index < -0.39 is 17.9 Å². The van der Waals surface area contributed by atoms with Crippen molar-refractivity contribution >= 4 is 11.9 Å². The van der Waals surface area contributed by atoms with Crippen LogP contribution in [0.5, 0.6) is 11.5 Å². The van der Waals surface area contributed by atoms with Crippen molar-refractivity contribution in [1.29, 1.82) is 0 Å². The molecule has 0 aliphatic rings. The summed E-state index contributed by atoms with van der Waals surface area (Å²) in [6.45, 7) is 5.89. The smallest absolute Gasteiger partial charge is 0.326 e. The van der Waals surface area contributed by atoms with Crippen LogP contribution in [0.1, 0.15) is 32.8 Å². The van der Waals surface area contributed by atoms with Crippen molar-refractivity contribution in [2.45, 2.75) is 45.3 Å². The highest BCUT2D eigenvalue weighted by atomic mass is 16.5. The summed E-state index contributed by atoms with van der Waals surface area (Å²) in [5.41, 5.74) is 0.206. The largest absolute Gasteiger partial charge is 0.496 e. The average molecular weight is 353 g/mol. The fourth-order valence-corrected chi connectivity index (χ4v) is 2.25. The van der Waals surface area contributed by atoms with Gasteiger partial charge in [-0.15, -0.1) is 0 Å². The predicted octanol–water partition coefficient (Wildman–Crippen LogP) is 2.02. The van der Waals surface area contributed by atoms with Crippen LogP contribution in [0.3, 0.4) is 0 Å². The van der Waals surface area contributed by atoms with E-state index in [1.807, 2.05) is 20.8 Å². The molecule has 1 amide bonds. The van der Waals surface area contributed by atoms with Gasteiger partial charge in [-0.2, -0.15) is 0 Å². The first-order valence-corrected chi connectivity index (χ1v) is 8.04. The van der Waals surface area contributed by atoms with E-state index in [0.29, 0.717) is 17.1 Å². The number of methoxy groups -OCH3 is 2. The molecule has 0 aromatic heterocycles. The lowest BCUT2D eigenvalue weighted by Gasteiger charge is -2.21. The van der Waals surface area contributed by atoms with Gasteiger partial charge in [-0.05, 0) is 32.9 Å². The highest BCUT2D eigenvalue weighted by Crippen LogP contribution is 2.28. The molecule has 0 saturated heterocycles. The van der Waals surface area contributed by atoms with Crippen molar-refractivity contribution in [2.75, 3.05) is 20.8 Å². The summed E-state index contributed by atoms with van der Waals surface area (Å²) < 4.78 is 16.0. The van der Waals surface area contributed by atoms with Crippen molar-refractivity contribution in [3.63, 3.8) is 0 Å². The molecule has 1 aromatic rings. The van der Waals surface area contributed by atoms with Crippen LogP contribution in [0.25, 0.3) is 0 Å². The topological polar surface area (TPSA) is 94.1 Å². The first kappa shape index (κ1) is 20.8. The molecule has 140 valence electrons. The number of amides is 1. The molecule has 0 heterocycles. The maximum atomic E-state index is 12.3. The summed E-state index contributed by atoms with van der Waals surface area (Å²) in [5, 5.41) is 11.8. The zero-order valence-corrected chi connectivity index (χ0v) is 15.4. The van der Waals surface area contributed by atoms with Crippen LogP contribution in [0.2, 0.25) is 0 Å². The number of aliphatic carboxylic acids is 1. The summed E-state index contributed by atoms with van der Waals surface area (Å²) in [5.74, 6) is -0.501. The van der Waals surface area contributed by atoms with Gasteiger partial charge in [0.25, 0.3) is 0 Å². The highest BCUT2D eigenvalue weighted by Gasteiger charge is 2.23. The van der Waals surface area contributed by atoms with E-state index in [0.717, 1.165) is 0 Å². The summed E-state index contributed by atoms with van der Waals surface area (Å²) >= 11 is 0. The number of carbonyl (C=O) groups excluding carboxylic acids is 1. The molecular weight excluding hydrogens is 326 g/mol. The molecule has 0 fully saturated rings. The number of rotatable bonds is 9. The Hall–Kier alpha value is -2.28. The molecule has 1 unspecified atom stereocenters. The van der Waals surface area contributed by atoms with E-state index in [4.69, 9.17) is 14.2 Å². The molecule has 0 aliphatic heterocycles. The zero-order valence-electron chi connectivity index (χ0n) is 15.4. The van der Waals surface area contributed by atoms with Gasteiger partial charge in [0, 0.05) is 18.6 Å². The molecule has 0 radical (unpaired) electrons. The molecule has 1 atom stereocenters. The van der Waals surface area contributed by atoms with E-state index >= 15 is 0 Å². The fourth-order valence-electron chi connectivity index (χ4n) is 2.25. The fraction of sp³-hybridized carbons (Fsp3) is 0.556. The van der Waals surface area contributed by atoms with E-state index in [-0.39, 0.29) is 25.0 Å². The Balaban J connectivity index is 2.74. The maximum absolute atomic E-state index is 12.3. The monoisotopic (exact) mass is 353 g/mol. The normalized spacial score (nSPS) is 12.4. The SMILES string of the molecule is COc1cccc(OC)c1CC(=O)NC(CCOC(C)(C)C)C(=O)O. The minimum absolute atomic E-state index is 0.0445.